The number of amides is 2. The van der Waals surface area contributed by atoms with Crippen molar-refractivity contribution in [1.82, 2.24) is 10.7 Å². The number of Topliss-reactive ketones (excluding diaryl/α,β-unsaturated/α-hetero) is 1. The number of nitro groups is 1. The minimum atomic E-state index is -0.803. The van der Waals surface area contributed by atoms with Crippen LogP contribution in [-0.4, -0.2) is 59.9 Å². The van der Waals surface area contributed by atoms with E-state index in [4.69, 9.17) is 20.8 Å². The number of carbonyl (C=O) groups is 3. The van der Waals surface area contributed by atoms with Gasteiger partial charge in [-0.3, -0.25) is 14.4 Å². The lowest BCUT2D eigenvalue weighted by Crippen LogP contribution is -2.65. The molecular formula is C27H47BN6O7. The number of rotatable bonds is 16. The first-order valence-electron chi connectivity index (χ1n) is 14.8. The zero-order valence-electron chi connectivity index (χ0n) is 25.0. The van der Waals surface area contributed by atoms with Crippen LogP contribution in [0.2, 0.25) is 0 Å². The fourth-order valence-electron chi connectivity index (χ4n) is 6.95. The van der Waals surface area contributed by atoms with Gasteiger partial charge >= 0.3 is 7.12 Å². The van der Waals surface area contributed by atoms with Crippen molar-refractivity contribution in [3.05, 3.63) is 10.1 Å². The molecule has 0 aromatic rings. The maximum Gasteiger partial charge on any atom is 0.481 e. The van der Waals surface area contributed by atoms with Gasteiger partial charge in [0, 0.05) is 31.7 Å². The van der Waals surface area contributed by atoms with Gasteiger partial charge in [0.1, 0.15) is 5.78 Å². The molecule has 41 heavy (non-hydrogen) atoms. The summed E-state index contributed by atoms with van der Waals surface area (Å²) in [5.74, 6) is -1.03. The Balaban J connectivity index is 1.68. The zero-order valence-corrected chi connectivity index (χ0v) is 25.0. The van der Waals surface area contributed by atoms with Crippen molar-refractivity contribution in [2.75, 3.05) is 6.54 Å². The molecule has 0 spiro atoms. The molecule has 6 N–H and O–H groups in total. The minimum Gasteiger partial charge on any atom is -0.404 e. The summed E-state index contributed by atoms with van der Waals surface area (Å²) in [4.78, 5) is 51.9. The number of nitrogens with zero attached hydrogens (tertiary/aromatic N) is 2. The molecular weight excluding hydrogens is 531 g/mol. The van der Waals surface area contributed by atoms with E-state index >= 15 is 0 Å². The highest BCUT2D eigenvalue weighted by Gasteiger charge is 2.68. The Bertz CT molecular complexity index is 1020. The van der Waals surface area contributed by atoms with E-state index in [1.165, 1.54) is 0 Å². The third-order valence-electron chi connectivity index (χ3n) is 9.27. The summed E-state index contributed by atoms with van der Waals surface area (Å²) < 4.78 is 13.1. The lowest BCUT2D eigenvalue weighted by Gasteiger charge is -2.64. The number of carbonyl (C=O) groups excluding carboxylic acids is 3. The van der Waals surface area contributed by atoms with E-state index < -0.39 is 35.5 Å². The van der Waals surface area contributed by atoms with Crippen molar-refractivity contribution in [2.24, 2.45) is 45.5 Å². The summed E-state index contributed by atoms with van der Waals surface area (Å²) in [6.45, 7) is 11.0. The molecule has 4 aliphatic rings. The van der Waals surface area contributed by atoms with E-state index in [0.717, 1.165) is 12.8 Å². The SMILES string of the molecule is CC(C)C[C@H](NC(=O)[C@H](CCCN=C(N)N[N+](=O)[O-])CC(=O)CCCC(N)=O)B1O[C@@H]2C[C@@H]3C[C@@H](C3(C)C)[C@]2(C)O1. The number of nitrogens with one attached hydrogen (secondary N) is 2. The van der Waals surface area contributed by atoms with E-state index in [-0.39, 0.29) is 60.9 Å². The van der Waals surface area contributed by atoms with Crippen molar-refractivity contribution in [3.8, 4) is 0 Å². The first kappa shape index (κ1) is 32.8. The number of nitrogens with two attached hydrogens (primary N) is 2. The highest BCUT2D eigenvalue weighted by molar-refractivity contribution is 6.47. The van der Waals surface area contributed by atoms with E-state index in [9.17, 15) is 24.5 Å². The van der Waals surface area contributed by atoms with Crippen LogP contribution in [0, 0.1) is 39.2 Å². The number of primary amides is 1. The number of guanidine groups is 1. The zero-order chi connectivity index (χ0) is 30.5. The van der Waals surface area contributed by atoms with Gasteiger partial charge in [0.2, 0.25) is 11.8 Å². The van der Waals surface area contributed by atoms with Gasteiger partial charge in [0.05, 0.1) is 17.6 Å². The largest absolute Gasteiger partial charge is 0.481 e. The second kappa shape index (κ2) is 13.5. The molecule has 0 aromatic carbocycles. The standard InChI is InChI=1S/C27H47BN6O7/c1-16(2)12-22(28-40-21-15-18-14-20(26(18,3)4)27(21,5)41-28)32-24(37)17(13-19(35)9-6-10-23(29)36)8-7-11-31-25(30)33-34(38)39/h16-18,20-22H,6-15H2,1-5H3,(H2,29,36)(H,32,37)(H3,30,31,33)/t17-,18+,20+,21-,22+,27+/m1/s1. The molecule has 2 bridgehead atoms. The second-order valence-corrected chi connectivity index (χ2v) is 13.1. The Morgan fingerprint density at radius 1 is 1.15 bits per heavy atom. The van der Waals surface area contributed by atoms with E-state index in [0.29, 0.717) is 37.5 Å². The molecule has 0 radical (unpaired) electrons. The molecule has 0 unspecified atom stereocenters. The van der Waals surface area contributed by atoms with Crippen LogP contribution in [0.5, 0.6) is 0 Å². The van der Waals surface area contributed by atoms with Crippen molar-refractivity contribution in [2.45, 2.75) is 110 Å². The molecule has 6 atom stereocenters. The van der Waals surface area contributed by atoms with Gasteiger partial charge in [-0.2, -0.15) is 0 Å². The van der Waals surface area contributed by atoms with Crippen LogP contribution in [-0.2, 0) is 23.7 Å². The number of hydrogen-bond donors (Lipinski definition) is 4. The first-order valence-corrected chi connectivity index (χ1v) is 14.8. The molecule has 4 rings (SSSR count). The molecule has 1 heterocycles. The van der Waals surface area contributed by atoms with Crippen LogP contribution >= 0.6 is 0 Å². The second-order valence-electron chi connectivity index (χ2n) is 13.1. The topological polar surface area (TPSA) is 201 Å². The summed E-state index contributed by atoms with van der Waals surface area (Å²) in [6.07, 6.45) is 3.97. The molecule has 1 aliphatic heterocycles. The molecule has 4 fully saturated rings. The Labute approximate surface area is 242 Å². The van der Waals surface area contributed by atoms with Crippen molar-refractivity contribution < 1.29 is 28.7 Å². The number of hydrogen-bond acceptors (Lipinski definition) is 8. The highest BCUT2D eigenvalue weighted by Crippen LogP contribution is 2.65. The maximum atomic E-state index is 13.6. The van der Waals surface area contributed by atoms with E-state index in [1.807, 2.05) is 0 Å². The van der Waals surface area contributed by atoms with Crippen LogP contribution in [0.3, 0.4) is 0 Å². The van der Waals surface area contributed by atoms with Gasteiger partial charge in [-0.05, 0) is 68.6 Å². The third kappa shape index (κ3) is 8.18. The molecule has 230 valence electrons. The summed E-state index contributed by atoms with van der Waals surface area (Å²) in [7, 11) is -0.587. The van der Waals surface area contributed by atoms with E-state index in [2.05, 4.69) is 44.9 Å². The third-order valence-corrected chi connectivity index (χ3v) is 9.27. The molecule has 14 heteroatoms. The quantitative estimate of drug-likeness (QED) is 0.0527. The predicted molar refractivity (Wildman–Crippen MR) is 154 cm³/mol. The summed E-state index contributed by atoms with van der Waals surface area (Å²) in [6, 6.07) is 0. The van der Waals surface area contributed by atoms with Crippen molar-refractivity contribution in [3.63, 3.8) is 0 Å². The molecule has 2 amide bonds. The van der Waals surface area contributed by atoms with Gasteiger partial charge in [0.15, 0.2) is 5.03 Å². The molecule has 3 aliphatic carbocycles. The lowest BCUT2D eigenvalue weighted by molar-refractivity contribution is -0.525. The Morgan fingerprint density at radius 3 is 2.46 bits per heavy atom. The summed E-state index contributed by atoms with van der Waals surface area (Å²) in [5, 5.41) is 12.9. The number of aliphatic imine (C=N–C) groups is 1. The van der Waals surface area contributed by atoms with Crippen LogP contribution < -0.4 is 22.2 Å². The molecule has 3 saturated carbocycles. The first-order chi connectivity index (χ1) is 19.1. The fraction of sp³-hybridized carbons (Fsp3) is 0.852. The van der Waals surface area contributed by atoms with Gasteiger partial charge in [0.25, 0.3) is 5.96 Å². The summed E-state index contributed by atoms with van der Waals surface area (Å²) >= 11 is 0. The molecule has 0 aromatic heterocycles. The average Bonchev–Trinajstić information content (AvgIpc) is 3.21. The minimum absolute atomic E-state index is 0.00397. The maximum absolute atomic E-state index is 13.6. The predicted octanol–water partition coefficient (Wildman–Crippen LogP) is 1.89. The Morgan fingerprint density at radius 2 is 1.85 bits per heavy atom. The summed E-state index contributed by atoms with van der Waals surface area (Å²) in [5.41, 5.74) is 12.2. The molecule has 13 nitrogen and oxygen atoms in total. The Hall–Kier alpha value is -2.74. The van der Waals surface area contributed by atoms with Gasteiger partial charge in [-0.1, -0.05) is 33.1 Å². The average molecular weight is 579 g/mol. The van der Waals surface area contributed by atoms with Crippen LogP contribution in [0.25, 0.3) is 0 Å². The fourth-order valence-corrected chi connectivity index (χ4v) is 6.95. The smallest absolute Gasteiger partial charge is 0.404 e. The Kier molecular flexibility index (Phi) is 10.8. The lowest BCUT2D eigenvalue weighted by atomic mass is 9.43. The van der Waals surface area contributed by atoms with Gasteiger partial charge in [-0.15, -0.1) is 0 Å². The normalized spacial score (nSPS) is 27.9. The number of hydrazine groups is 1. The number of ketones is 1. The van der Waals surface area contributed by atoms with Gasteiger partial charge < -0.3 is 26.1 Å². The monoisotopic (exact) mass is 578 g/mol. The van der Waals surface area contributed by atoms with Gasteiger partial charge in [-0.25, -0.2) is 15.1 Å². The van der Waals surface area contributed by atoms with Crippen molar-refractivity contribution >= 4 is 30.7 Å². The van der Waals surface area contributed by atoms with Crippen LogP contribution in [0.1, 0.15) is 92.4 Å². The van der Waals surface area contributed by atoms with E-state index in [1.54, 1.807) is 5.43 Å². The van der Waals surface area contributed by atoms with Crippen LogP contribution in [0.4, 0.5) is 0 Å². The van der Waals surface area contributed by atoms with Crippen molar-refractivity contribution in [1.29, 1.82) is 0 Å². The molecule has 1 saturated heterocycles. The van der Waals surface area contributed by atoms with Crippen LogP contribution in [0.15, 0.2) is 4.99 Å². The highest BCUT2D eigenvalue weighted by atomic mass is 16.7.